The first kappa shape index (κ1) is 18.6. The molecule has 0 aromatic carbocycles. The predicted molar refractivity (Wildman–Crippen MR) is 94.3 cm³/mol. The van der Waals surface area contributed by atoms with Crippen LogP contribution in [-0.2, 0) is 4.74 Å². The molecule has 1 aliphatic carbocycles. The van der Waals surface area contributed by atoms with Gasteiger partial charge in [-0.25, -0.2) is 4.79 Å². The Bertz CT molecular complexity index is 616. The largest absolute Gasteiger partial charge is 0.462 e. The van der Waals surface area contributed by atoms with Crippen molar-refractivity contribution in [3.63, 3.8) is 0 Å². The van der Waals surface area contributed by atoms with Crippen LogP contribution in [0.2, 0.25) is 0 Å². The van der Waals surface area contributed by atoms with E-state index in [1.165, 1.54) is 0 Å². The second-order valence-electron chi connectivity index (χ2n) is 6.92. The highest BCUT2D eigenvalue weighted by Crippen LogP contribution is 2.33. The van der Waals surface area contributed by atoms with Crippen LogP contribution in [0.15, 0.2) is 0 Å². The topological polar surface area (TPSA) is 62.4 Å². The van der Waals surface area contributed by atoms with Crippen molar-refractivity contribution in [3.8, 4) is 0 Å². The van der Waals surface area contributed by atoms with Crippen LogP contribution in [0.1, 0.15) is 79.1 Å². The molecule has 1 N–H and O–H groups in total. The van der Waals surface area contributed by atoms with Gasteiger partial charge in [-0.1, -0.05) is 20.3 Å². The molecule has 1 aromatic heterocycles. The highest BCUT2D eigenvalue weighted by atomic mass is 16.5. The summed E-state index contributed by atoms with van der Waals surface area (Å²) in [5.41, 5.74) is 2.41. The van der Waals surface area contributed by atoms with E-state index in [4.69, 9.17) is 4.74 Å². The molecule has 2 rings (SSSR count). The van der Waals surface area contributed by atoms with Crippen molar-refractivity contribution < 1.29 is 14.3 Å². The Balaban J connectivity index is 2.34. The molecule has 0 bridgehead atoms. The van der Waals surface area contributed by atoms with Gasteiger partial charge in [0.05, 0.1) is 12.2 Å². The molecule has 1 aromatic rings. The molecular formula is C19H30N2O3. The molecule has 1 fully saturated rings. The maximum absolute atomic E-state index is 13.2. The third-order valence-electron chi connectivity index (χ3n) is 5.21. The van der Waals surface area contributed by atoms with Gasteiger partial charge < -0.3 is 14.6 Å². The van der Waals surface area contributed by atoms with E-state index in [-0.39, 0.29) is 17.9 Å². The minimum absolute atomic E-state index is 0.00134. The minimum atomic E-state index is -0.365. The summed E-state index contributed by atoms with van der Waals surface area (Å²) in [5, 5.41) is 0. The molecule has 0 aliphatic heterocycles. The van der Waals surface area contributed by atoms with E-state index in [9.17, 15) is 9.59 Å². The summed E-state index contributed by atoms with van der Waals surface area (Å²) in [6, 6.07) is 0.514. The summed E-state index contributed by atoms with van der Waals surface area (Å²) in [5.74, 6) is 0.0765. The van der Waals surface area contributed by atoms with Gasteiger partial charge in [0.25, 0.3) is 5.91 Å². The van der Waals surface area contributed by atoms with E-state index < -0.39 is 0 Å². The summed E-state index contributed by atoms with van der Waals surface area (Å²) in [7, 11) is 0. The van der Waals surface area contributed by atoms with Crippen molar-refractivity contribution in [2.24, 2.45) is 5.92 Å². The fraction of sp³-hybridized carbons (Fsp3) is 0.684. The lowest BCUT2D eigenvalue weighted by atomic mass is 9.98. The lowest BCUT2D eigenvalue weighted by Gasteiger charge is -2.33. The molecule has 0 saturated heterocycles. The second kappa shape index (κ2) is 7.41. The highest BCUT2D eigenvalue weighted by Gasteiger charge is 2.39. The van der Waals surface area contributed by atoms with Gasteiger partial charge in [-0.2, -0.15) is 0 Å². The van der Waals surface area contributed by atoms with Crippen LogP contribution in [0.4, 0.5) is 0 Å². The number of amides is 1. The zero-order valence-electron chi connectivity index (χ0n) is 15.7. The first-order valence-electron chi connectivity index (χ1n) is 9.02. The van der Waals surface area contributed by atoms with Gasteiger partial charge in [0.2, 0.25) is 0 Å². The number of nitrogens with one attached hydrogen (secondary N) is 1. The maximum atomic E-state index is 13.2. The van der Waals surface area contributed by atoms with E-state index >= 15 is 0 Å². The van der Waals surface area contributed by atoms with Crippen LogP contribution >= 0.6 is 0 Å². The number of hydrogen-bond acceptors (Lipinski definition) is 3. The Morgan fingerprint density at radius 3 is 2.38 bits per heavy atom. The van der Waals surface area contributed by atoms with Crippen molar-refractivity contribution >= 4 is 11.9 Å². The lowest BCUT2D eigenvalue weighted by Crippen LogP contribution is -2.44. The molecule has 5 nitrogen and oxygen atoms in total. The number of carbonyl (C=O) groups excluding carboxylic acids is 2. The summed E-state index contributed by atoms with van der Waals surface area (Å²) in [4.78, 5) is 30.5. The van der Waals surface area contributed by atoms with Gasteiger partial charge in [-0.15, -0.1) is 0 Å². The van der Waals surface area contributed by atoms with Crippen LogP contribution in [-0.4, -0.2) is 40.5 Å². The fourth-order valence-corrected chi connectivity index (χ4v) is 3.25. The molecule has 1 heterocycles. The van der Waals surface area contributed by atoms with E-state index in [0.717, 1.165) is 19.3 Å². The molecule has 134 valence electrons. The normalized spacial score (nSPS) is 16.6. The minimum Gasteiger partial charge on any atom is -0.462 e. The molecule has 1 amide bonds. The van der Waals surface area contributed by atoms with E-state index in [1.54, 1.807) is 6.92 Å². The smallest absolute Gasteiger partial charge is 0.340 e. The van der Waals surface area contributed by atoms with Crippen molar-refractivity contribution in [2.45, 2.75) is 72.9 Å². The Morgan fingerprint density at radius 2 is 1.88 bits per heavy atom. The monoisotopic (exact) mass is 334 g/mol. The van der Waals surface area contributed by atoms with Crippen LogP contribution in [0.25, 0.3) is 0 Å². The first-order chi connectivity index (χ1) is 11.3. The number of esters is 1. The molecule has 0 radical (unpaired) electrons. The molecule has 2 unspecified atom stereocenters. The average Bonchev–Trinajstić information content (AvgIpc) is 3.31. The summed E-state index contributed by atoms with van der Waals surface area (Å²) < 4.78 is 5.12. The molecule has 5 heteroatoms. The Labute approximate surface area is 144 Å². The molecule has 0 spiro atoms. The van der Waals surface area contributed by atoms with Crippen molar-refractivity contribution in [3.05, 3.63) is 22.5 Å². The fourth-order valence-electron chi connectivity index (χ4n) is 3.25. The van der Waals surface area contributed by atoms with Gasteiger partial charge >= 0.3 is 5.97 Å². The third-order valence-corrected chi connectivity index (χ3v) is 5.21. The number of aromatic nitrogens is 1. The Morgan fingerprint density at radius 1 is 1.25 bits per heavy atom. The maximum Gasteiger partial charge on any atom is 0.340 e. The van der Waals surface area contributed by atoms with Crippen LogP contribution in [0.5, 0.6) is 0 Å². The van der Waals surface area contributed by atoms with Crippen LogP contribution in [0.3, 0.4) is 0 Å². The van der Waals surface area contributed by atoms with E-state index in [0.29, 0.717) is 41.1 Å². The first-order valence-corrected chi connectivity index (χ1v) is 9.02. The Hall–Kier alpha value is -1.78. The number of rotatable bonds is 7. The summed E-state index contributed by atoms with van der Waals surface area (Å²) in [6.45, 7) is 12.2. The molecule has 1 aliphatic rings. The zero-order valence-corrected chi connectivity index (χ0v) is 15.7. The number of aromatic amines is 1. The zero-order chi connectivity index (χ0) is 18.0. The van der Waals surface area contributed by atoms with Crippen molar-refractivity contribution in [2.75, 3.05) is 6.61 Å². The van der Waals surface area contributed by atoms with Crippen LogP contribution < -0.4 is 0 Å². The van der Waals surface area contributed by atoms with Crippen molar-refractivity contribution in [1.82, 2.24) is 9.88 Å². The average molecular weight is 334 g/mol. The SMILES string of the molecule is CCOC(=O)c1c(C)[nH]c(C(=O)N(C2CC2)C(C)C(C)CC)c1C. The van der Waals surface area contributed by atoms with Crippen molar-refractivity contribution in [1.29, 1.82) is 0 Å². The van der Waals surface area contributed by atoms with Gasteiger partial charge in [0, 0.05) is 17.8 Å². The summed E-state index contributed by atoms with van der Waals surface area (Å²) in [6.07, 6.45) is 3.17. The number of ether oxygens (including phenoxy) is 1. The number of H-pyrrole nitrogens is 1. The second-order valence-corrected chi connectivity index (χ2v) is 6.92. The third kappa shape index (κ3) is 3.50. The van der Waals surface area contributed by atoms with Gasteiger partial charge in [-0.3, -0.25) is 4.79 Å². The van der Waals surface area contributed by atoms with E-state index in [1.807, 2.05) is 18.7 Å². The Kier molecular flexibility index (Phi) is 5.73. The molecular weight excluding hydrogens is 304 g/mol. The lowest BCUT2D eigenvalue weighted by molar-refractivity contribution is 0.0525. The molecule has 1 saturated carbocycles. The van der Waals surface area contributed by atoms with Gasteiger partial charge in [-0.05, 0) is 52.0 Å². The predicted octanol–water partition coefficient (Wildman–Crippen LogP) is 3.85. The summed E-state index contributed by atoms with van der Waals surface area (Å²) >= 11 is 0. The number of aryl methyl sites for hydroxylation is 1. The van der Waals surface area contributed by atoms with Gasteiger partial charge in [0.15, 0.2) is 0 Å². The highest BCUT2D eigenvalue weighted by molar-refractivity contribution is 6.00. The quantitative estimate of drug-likeness (QED) is 0.771. The van der Waals surface area contributed by atoms with E-state index in [2.05, 4.69) is 25.8 Å². The number of nitrogens with zero attached hydrogens (tertiary/aromatic N) is 1. The molecule has 2 atom stereocenters. The van der Waals surface area contributed by atoms with Gasteiger partial charge in [0.1, 0.15) is 5.69 Å². The molecule has 24 heavy (non-hydrogen) atoms. The standard InChI is InChI=1S/C19H30N2O3/c1-7-11(3)14(6)21(15-9-10-15)18(22)17-12(4)16(13(5)20-17)19(23)24-8-2/h11,14-15,20H,7-10H2,1-6H3. The van der Waals surface area contributed by atoms with Crippen LogP contribution in [0, 0.1) is 19.8 Å². The number of carbonyl (C=O) groups is 2. The number of hydrogen-bond donors (Lipinski definition) is 1.